The fraction of sp³-hybridized carbons (Fsp3) is 0.583. The second kappa shape index (κ2) is 6.02. The average molecular weight is 255 g/mol. The monoisotopic (exact) mass is 255 g/mol. The Bertz CT molecular complexity index is 385. The van der Waals surface area contributed by atoms with Crippen molar-refractivity contribution >= 4 is 17.2 Å². The summed E-state index contributed by atoms with van der Waals surface area (Å²) in [5, 5.41) is 15.1. The smallest absolute Gasteiger partial charge is 0.144 e. The van der Waals surface area contributed by atoms with Crippen molar-refractivity contribution < 1.29 is 5.21 Å². The highest BCUT2D eigenvalue weighted by Crippen LogP contribution is 2.20. The Morgan fingerprint density at radius 2 is 2.24 bits per heavy atom. The van der Waals surface area contributed by atoms with E-state index in [0.29, 0.717) is 0 Å². The van der Waals surface area contributed by atoms with Crippen LogP contribution in [-0.2, 0) is 6.54 Å². The fourth-order valence-corrected chi connectivity index (χ4v) is 2.32. The van der Waals surface area contributed by atoms with Crippen molar-refractivity contribution in [3.8, 4) is 0 Å². The van der Waals surface area contributed by atoms with Crippen LogP contribution in [0.3, 0.4) is 0 Å². The zero-order valence-corrected chi connectivity index (χ0v) is 11.5. The molecule has 1 aromatic heterocycles. The standard InChI is InChI=1S/C12H21N3OS/c1-9-4-5-10(17-9)8-14-7-6-12(2,3)11(13)15-16/h4-5,14,16H,6-8H2,1-3H3,(H2,13,15). The topological polar surface area (TPSA) is 70.6 Å². The molecule has 4 N–H and O–H groups in total. The third kappa shape index (κ3) is 4.36. The van der Waals surface area contributed by atoms with Crippen molar-refractivity contribution in [3.05, 3.63) is 21.9 Å². The number of nitrogens with zero attached hydrogens (tertiary/aromatic N) is 1. The van der Waals surface area contributed by atoms with Gasteiger partial charge in [0, 0.05) is 21.7 Å². The summed E-state index contributed by atoms with van der Waals surface area (Å²) in [6.45, 7) is 7.78. The first-order chi connectivity index (χ1) is 7.95. The lowest BCUT2D eigenvalue weighted by Crippen LogP contribution is -2.34. The van der Waals surface area contributed by atoms with Crippen LogP contribution >= 0.6 is 11.3 Å². The van der Waals surface area contributed by atoms with Gasteiger partial charge in [-0.2, -0.15) is 0 Å². The minimum absolute atomic E-state index is 0.271. The van der Waals surface area contributed by atoms with E-state index in [1.807, 2.05) is 13.8 Å². The molecule has 1 aromatic rings. The van der Waals surface area contributed by atoms with Gasteiger partial charge in [-0.05, 0) is 32.0 Å². The zero-order valence-electron chi connectivity index (χ0n) is 10.7. The maximum atomic E-state index is 8.65. The molecule has 0 saturated heterocycles. The second-order valence-corrected chi connectivity index (χ2v) is 6.18. The Labute approximate surface area is 107 Å². The van der Waals surface area contributed by atoms with Crippen molar-refractivity contribution in [1.82, 2.24) is 5.32 Å². The van der Waals surface area contributed by atoms with Gasteiger partial charge in [-0.3, -0.25) is 0 Å². The van der Waals surface area contributed by atoms with Crippen LogP contribution < -0.4 is 11.1 Å². The van der Waals surface area contributed by atoms with Crippen LogP contribution in [0, 0.1) is 12.3 Å². The van der Waals surface area contributed by atoms with E-state index in [1.54, 1.807) is 11.3 Å². The minimum Gasteiger partial charge on any atom is -0.409 e. The molecule has 0 bridgehead atoms. The molecular weight excluding hydrogens is 234 g/mol. The quantitative estimate of drug-likeness (QED) is 0.240. The van der Waals surface area contributed by atoms with Crippen LogP contribution in [0.1, 0.15) is 30.0 Å². The van der Waals surface area contributed by atoms with Crippen molar-refractivity contribution in [3.63, 3.8) is 0 Å². The molecular formula is C12H21N3OS. The van der Waals surface area contributed by atoms with E-state index in [-0.39, 0.29) is 11.3 Å². The first kappa shape index (κ1) is 14.0. The number of nitrogens with two attached hydrogens (primary N) is 1. The Morgan fingerprint density at radius 3 is 2.76 bits per heavy atom. The van der Waals surface area contributed by atoms with Crippen LogP contribution in [0.5, 0.6) is 0 Å². The lowest BCUT2D eigenvalue weighted by molar-refractivity contribution is 0.305. The molecule has 0 unspecified atom stereocenters. The van der Waals surface area contributed by atoms with Gasteiger partial charge in [0.25, 0.3) is 0 Å². The largest absolute Gasteiger partial charge is 0.409 e. The Balaban J connectivity index is 2.29. The molecule has 0 aliphatic rings. The maximum Gasteiger partial charge on any atom is 0.144 e. The van der Waals surface area contributed by atoms with Crippen LogP contribution in [0.15, 0.2) is 17.3 Å². The highest BCUT2D eigenvalue weighted by Gasteiger charge is 2.22. The maximum absolute atomic E-state index is 8.65. The molecule has 17 heavy (non-hydrogen) atoms. The van der Waals surface area contributed by atoms with Gasteiger partial charge in [0.2, 0.25) is 0 Å². The Hall–Kier alpha value is -1.07. The molecule has 0 fully saturated rings. The van der Waals surface area contributed by atoms with Gasteiger partial charge in [-0.25, -0.2) is 0 Å². The number of hydrogen-bond acceptors (Lipinski definition) is 4. The molecule has 5 heteroatoms. The first-order valence-electron chi connectivity index (χ1n) is 5.70. The highest BCUT2D eigenvalue weighted by molar-refractivity contribution is 7.11. The predicted molar refractivity (Wildman–Crippen MR) is 72.6 cm³/mol. The summed E-state index contributed by atoms with van der Waals surface area (Å²) >= 11 is 1.81. The van der Waals surface area contributed by atoms with E-state index in [2.05, 4.69) is 29.5 Å². The predicted octanol–water partition coefficient (Wildman–Crippen LogP) is 2.31. The molecule has 96 valence electrons. The molecule has 0 aliphatic heterocycles. The number of aryl methyl sites for hydroxylation is 1. The van der Waals surface area contributed by atoms with E-state index in [4.69, 9.17) is 10.9 Å². The molecule has 0 amide bonds. The summed E-state index contributed by atoms with van der Waals surface area (Å²) in [7, 11) is 0. The molecule has 1 rings (SSSR count). The van der Waals surface area contributed by atoms with Gasteiger partial charge >= 0.3 is 0 Å². The molecule has 0 spiro atoms. The van der Waals surface area contributed by atoms with E-state index < -0.39 is 0 Å². The normalized spacial score (nSPS) is 13.0. The molecule has 0 aliphatic carbocycles. The van der Waals surface area contributed by atoms with Crippen LogP contribution in [0.4, 0.5) is 0 Å². The van der Waals surface area contributed by atoms with Crippen molar-refractivity contribution in [2.24, 2.45) is 16.3 Å². The molecule has 0 radical (unpaired) electrons. The molecule has 1 heterocycles. The lowest BCUT2D eigenvalue weighted by Gasteiger charge is -2.22. The molecule has 0 atom stereocenters. The zero-order chi connectivity index (χ0) is 12.9. The first-order valence-corrected chi connectivity index (χ1v) is 6.51. The summed E-state index contributed by atoms with van der Waals surface area (Å²) in [6, 6.07) is 4.27. The molecule has 0 aromatic carbocycles. The second-order valence-electron chi connectivity index (χ2n) is 4.81. The van der Waals surface area contributed by atoms with E-state index in [0.717, 1.165) is 19.5 Å². The summed E-state index contributed by atoms with van der Waals surface area (Å²) < 4.78 is 0. The van der Waals surface area contributed by atoms with E-state index in [1.165, 1.54) is 9.75 Å². The molecule has 4 nitrogen and oxygen atoms in total. The number of rotatable bonds is 6. The van der Waals surface area contributed by atoms with Crippen molar-refractivity contribution in [2.45, 2.75) is 33.7 Å². The summed E-state index contributed by atoms with van der Waals surface area (Å²) in [5.41, 5.74) is 5.35. The number of oxime groups is 1. The lowest BCUT2D eigenvalue weighted by atomic mass is 9.88. The van der Waals surface area contributed by atoms with Gasteiger partial charge in [-0.15, -0.1) is 11.3 Å². The summed E-state index contributed by atoms with van der Waals surface area (Å²) in [6.07, 6.45) is 0.841. The van der Waals surface area contributed by atoms with Gasteiger partial charge in [0.05, 0.1) is 0 Å². The van der Waals surface area contributed by atoms with E-state index >= 15 is 0 Å². The Morgan fingerprint density at radius 1 is 1.53 bits per heavy atom. The number of nitrogens with one attached hydrogen (secondary N) is 1. The number of thiophene rings is 1. The highest BCUT2D eigenvalue weighted by atomic mass is 32.1. The van der Waals surface area contributed by atoms with Gasteiger partial charge < -0.3 is 16.3 Å². The molecule has 0 saturated carbocycles. The van der Waals surface area contributed by atoms with Crippen LogP contribution in [0.25, 0.3) is 0 Å². The third-order valence-electron chi connectivity index (χ3n) is 2.82. The van der Waals surface area contributed by atoms with E-state index in [9.17, 15) is 0 Å². The van der Waals surface area contributed by atoms with Crippen LogP contribution in [-0.4, -0.2) is 17.6 Å². The number of amidine groups is 1. The van der Waals surface area contributed by atoms with Gasteiger partial charge in [-0.1, -0.05) is 19.0 Å². The average Bonchev–Trinajstić information content (AvgIpc) is 2.69. The Kier molecular flexibility index (Phi) is 4.96. The summed E-state index contributed by atoms with van der Waals surface area (Å²) in [5.74, 6) is 0.284. The minimum atomic E-state index is -0.271. The van der Waals surface area contributed by atoms with Gasteiger partial charge in [0.15, 0.2) is 0 Å². The number of hydrogen-bond donors (Lipinski definition) is 3. The van der Waals surface area contributed by atoms with Crippen molar-refractivity contribution in [2.75, 3.05) is 6.54 Å². The SMILES string of the molecule is Cc1ccc(CNCCC(C)(C)C(N)=NO)s1. The fourth-order valence-electron chi connectivity index (χ4n) is 1.46. The van der Waals surface area contributed by atoms with Crippen molar-refractivity contribution in [1.29, 1.82) is 0 Å². The summed E-state index contributed by atoms with van der Waals surface area (Å²) in [4.78, 5) is 2.67. The van der Waals surface area contributed by atoms with Gasteiger partial charge in [0.1, 0.15) is 5.84 Å². The van der Waals surface area contributed by atoms with Crippen LogP contribution in [0.2, 0.25) is 0 Å². The third-order valence-corrected chi connectivity index (χ3v) is 3.82.